The van der Waals surface area contributed by atoms with Crippen molar-refractivity contribution >= 4 is 23.3 Å². The van der Waals surface area contributed by atoms with Crippen LogP contribution in [0.2, 0.25) is 0 Å². The third-order valence-corrected chi connectivity index (χ3v) is 4.07. The van der Waals surface area contributed by atoms with Crippen LogP contribution in [-0.4, -0.2) is 40.6 Å². The number of phenolic OH excluding ortho intramolecular Hbond substituents is 1. The Morgan fingerprint density at radius 3 is 2.72 bits per heavy atom. The van der Waals surface area contributed by atoms with Crippen molar-refractivity contribution in [3.8, 4) is 5.75 Å². The summed E-state index contributed by atoms with van der Waals surface area (Å²) in [5, 5.41) is 19.6. The quantitative estimate of drug-likeness (QED) is 0.454. The smallest absolute Gasteiger partial charge is 0.407 e. The van der Waals surface area contributed by atoms with Crippen LogP contribution in [0.25, 0.3) is 11.0 Å². The summed E-state index contributed by atoms with van der Waals surface area (Å²) in [5.41, 5.74) is -0.193. The molecule has 2 rings (SSSR count). The van der Waals surface area contributed by atoms with Crippen LogP contribution in [0, 0.1) is 0 Å². The molecular formula is C18H19NO6. The van der Waals surface area contributed by atoms with Gasteiger partial charge >= 0.3 is 11.7 Å². The minimum atomic E-state index is -1.09. The average molecular weight is 345 g/mol. The molecule has 7 heteroatoms. The second-order valence-electron chi connectivity index (χ2n) is 5.60. The topological polar surface area (TPSA) is 108 Å². The number of aldehydes is 1. The molecule has 1 aromatic heterocycles. The van der Waals surface area contributed by atoms with Crippen LogP contribution in [0.1, 0.15) is 35.2 Å². The Morgan fingerprint density at radius 2 is 2.16 bits per heavy atom. The van der Waals surface area contributed by atoms with Gasteiger partial charge in [0.1, 0.15) is 5.75 Å². The number of phenols is 1. The second-order valence-corrected chi connectivity index (χ2v) is 5.60. The van der Waals surface area contributed by atoms with Gasteiger partial charge in [0.2, 0.25) is 0 Å². The van der Waals surface area contributed by atoms with E-state index in [2.05, 4.69) is 6.58 Å². The molecule has 0 radical (unpaired) electrons. The molecule has 2 aromatic rings. The lowest BCUT2D eigenvalue weighted by Crippen LogP contribution is -2.33. The van der Waals surface area contributed by atoms with E-state index in [0.29, 0.717) is 23.7 Å². The molecule has 0 bridgehead atoms. The summed E-state index contributed by atoms with van der Waals surface area (Å²) in [6, 6.07) is 4.20. The zero-order valence-corrected chi connectivity index (χ0v) is 13.8. The van der Waals surface area contributed by atoms with E-state index in [1.54, 1.807) is 6.07 Å². The van der Waals surface area contributed by atoms with Crippen molar-refractivity contribution in [2.45, 2.75) is 19.3 Å². The summed E-state index contributed by atoms with van der Waals surface area (Å²) in [6.07, 6.45) is 1.39. The first-order chi connectivity index (χ1) is 11.9. The van der Waals surface area contributed by atoms with Crippen LogP contribution >= 0.6 is 0 Å². The van der Waals surface area contributed by atoms with Crippen LogP contribution in [-0.2, 0) is 0 Å². The SMILES string of the molecule is C=CCN(C[C@H](CC)c1cc(=O)oc2c(C=O)c(O)ccc12)C(=O)O. The third kappa shape index (κ3) is 3.71. The molecular weight excluding hydrogens is 326 g/mol. The number of nitrogens with zero attached hydrogens (tertiary/aromatic N) is 1. The first kappa shape index (κ1) is 18.3. The van der Waals surface area contributed by atoms with Gasteiger partial charge in [-0.15, -0.1) is 6.58 Å². The van der Waals surface area contributed by atoms with Gasteiger partial charge < -0.3 is 19.5 Å². The number of rotatable bonds is 7. The third-order valence-electron chi connectivity index (χ3n) is 4.07. The van der Waals surface area contributed by atoms with Gasteiger partial charge in [0.25, 0.3) is 0 Å². The lowest BCUT2D eigenvalue weighted by atomic mass is 9.92. The molecule has 0 saturated heterocycles. The van der Waals surface area contributed by atoms with E-state index >= 15 is 0 Å². The van der Waals surface area contributed by atoms with Crippen LogP contribution in [0.4, 0.5) is 4.79 Å². The minimum absolute atomic E-state index is 0.00143. The van der Waals surface area contributed by atoms with Crippen molar-refractivity contribution < 1.29 is 24.2 Å². The molecule has 132 valence electrons. The number of benzene rings is 1. The van der Waals surface area contributed by atoms with Gasteiger partial charge in [-0.1, -0.05) is 13.0 Å². The minimum Gasteiger partial charge on any atom is -0.507 e. The normalized spacial score (nSPS) is 11.9. The molecule has 0 spiro atoms. The molecule has 0 aliphatic heterocycles. The fourth-order valence-electron chi connectivity index (χ4n) is 2.81. The van der Waals surface area contributed by atoms with Gasteiger partial charge in [-0.25, -0.2) is 9.59 Å². The largest absolute Gasteiger partial charge is 0.507 e. The monoisotopic (exact) mass is 345 g/mol. The van der Waals surface area contributed by atoms with E-state index in [4.69, 9.17) is 4.42 Å². The van der Waals surface area contributed by atoms with Crippen molar-refractivity contribution in [1.29, 1.82) is 0 Å². The summed E-state index contributed by atoms with van der Waals surface area (Å²) in [7, 11) is 0. The highest BCUT2D eigenvalue weighted by molar-refractivity contribution is 5.98. The van der Waals surface area contributed by atoms with Crippen molar-refractivity contribution in [3.05, 3.63) is 52.4 Å². The molecule has 0 aliphatic carbocycles. The molecule has 7 nitrogen and oxygen atoms in total. The Labute approximate surface area is 143 Å². The number of carbonyl (C=O) groups is 2. The molecule has 0 fully saturated rings. The van der Waals surface area contributed by atoms with Gasteiger partial charge in [0.05, 0.1) is 5.56 Å². The number of hydrogen-bond acceptors (Lipinski definition) is 5. The Kier molecular flexibility index (Phi) is 5.59. The number of aromatic hydroxyl groups is 1. The number of hydrogen-bond donors (Lipinski definition) is 2. The summed E-state index contributed by atoms with van der Waals surface area (Å²) in [4.78, 5) is 35.7. The number of carbonyl (C=O) groups excluding carboxylic acids is 1. The fourth-order valence-corrected chi connectivity index (χ4v) is 2.81. The molecule has 25 heavy (non-hydrogen) atoms. The highest BCUT2D eigenvalue weighted by Crippen LogP contribution is 2.32. The lowest BCUT2D eigenvalue weighted by Gasteiger charge is -2.24. The average Bonchev–Trinajstić information content (AvgIpc) is 2.57. The van der Waals surface area contributed by atoms with Crippen molar-refractivity contribution in [1.82, 2.24) is 4.90 Å². The summed E-state index contributed by atoms with van der Waals surface area (Å²) in [6.45, 7) is 5.74. The van der Waals surface area contributed by atoms with Crippen LogP contribution in [0.5, 0.6) is 5.75 Å². The maximum absolute atomic E-state index is 11.9. The maximum atomic E-state index is 11.9. The van der Waals surface area contributed by atoms with Crippen LogP contribution < -0.4 is 5.63 Å². The van der Waals surface area contributed by atoms with E-state index in [0.717, 1.165) is 0 Å². The van der Waals surface area contributed by atoms with E-state index in [1.807, 2.05) is 6.92 Å². The molecule has 1 atom stereocenters. The number of fused-ring (bicyclic) bond motifs is 1. The second kappa shape index (κ2) is 7.65. The molecule has 1 amide bonds. The summed E-state index contributed by atoms with van der Waals surface area (Å²) in [5.74, 6) is -0.568. The highest BCUT2D eigenvalue weighted by atomic mass is 16.4. The van der Waals surface area contributed by atoms with Gasteiger partial charge in [-0.3, -0.25) is 4.79 Å². The fraction of sp³-hybridized carbons (Fsp3) is 0.278. The van der Waals surface area contributed by atoms with E-state index < -0.39 is 11.7 Å². The van der Waals surface area contributed by atoms with Gasteiger partial charge in [-0.05, 0) is 24.1 Å². The standard InChI is InChI=1S/C18H19NO6/c1-3-7-19(18(23)24)9-11(4-2)13-8-16(22)25-17-12(13)5-6-15(21)14(17)10-20/h3,5-6,8,10-11,21H,1,4,7,9H2,2H3,(H,23,24)/t11-/m0/s1. The highest BCUT2D eigenvalue weighted by Gasteiger charge is 2.22. The van der Waals surface area contributed by atoms with E-state index in [9.17, 15) is 24.6 Å². The summed E-state index contributed by atoms with van der Waals surface area (Å²) < 4.78 is 5.11. The first-order valence-corrected chi connectivity index (χ1v) is 7.76. The Balaban J connectivity index is 2.61. The molecule has 1 heterocycles. The number of amides is 1. The predicted octanol–water partition coefficient (Wildman–Crippen LogP) is 2.97. The van der Waals surface area contributed by atoms with Crippen LogP contribution in [0.15, 0.2) is 40.1 Å². The zero-order valence-electron chi connectivity index (χ0n) is 13.8. The molecule has 1 aromatic carbocycles. The first-order valence-electron chi connectivity index (χ1n) is 7.76. The van der Waals surface area contributed by atoms with Gasteiger partial charge in [-0.2, -0.15) is 0 Å². The van der Waals surface area contributed by atoms with Crippen molar-refractivity contribution in [2.75, 3.05) is 13.1 Å². The van der Waals surface area contributed by atoms with Gasteiger partial charge in [0.15, 0.2) is 11.9 Å². The lowest BCUT2D eigenvalue weighted by molar-refractivity contribution is 0.112. The van der Waals surface area contributed by atoms with Crippen LogP contribution in [0.3, 0.4) is 0 Å². The zero-order chi connectivity index (χ0) is 18.6. The Hall–Kier alpha value is -3.09. The van der Waals surface area contributed by atoms with E-state index in [-0.39, 0.29) is 35.9 Å². The predicted molar refractivity (Wildman–Crippen MR) is 92.4 cm³/mol. The van der Waals surface area contributed by atoms with Gasteiger partial charge in [0, 0.05) is 30.5 Å². The molecule has 0 aliphatic rings. The van der Waals surface area contributed by atoms with Crippen molar-refractivity contribution in [2.24, 2.45) is 0 Å². The molecule has 0 saturated carbocycles. The molecule has 0 unspecified atom stereocenters. The molecule has 2 N–H and O–H groups in total. The van der Waals surface area contributed by atoms with Crippen molar-refractivity contribution in [3.63, 3.8) is 0 Å². The van der Waals surface area contributed by atoms with E-state index in [1.165, 1.54) is 23.1 Å². The maximum Gasteiger partial charge on any atom is 0.407 e. The summed E-state index contributed by atoms with van der Waals surface area (Å²) >= 11 is 0. The Morgan fingerprint density at radius 1 is 1.44 bits per heavy atom. The Bertz CT molecular complexity index is 870. The number of carboxylic acid groups (broad SMARTS) is 1.